The molecule has 100 valence electrons. The predicted octanol–water partition coefficient (Wildman–Crippen LogP) is 1.62. The zero-order valence-electron chi connectivity index (χ0n) is 11.1. The van der Waals surface area contributed by atoms with Crippen LogP contribution in [0, 0.1) is 0 Å². The fraction of sp³-hybridized carbons (Fsp3) is 0.571. The highest BCUT2D eigenvalue weighted by atomic mass is 16.6. The molecular formula is C14H21NO3. The van der Waals surface area contributed by atoms with Gasteiger partial charge in [0.2, 0.25) is 0 Å². The third-order valence-corrected chi connectivity index (χ3v) is 3.07. The van der Waals surface area contributed by atoms with Crippen LogP contribution >= 0.6 is 0 Å². The van der Waals surface area contributed by atoms with Gasteiger partial charge < -0.3 is 19.5 Å². The van der Waals surface area contributed by atoms with Crippen molar-refractivity contribution in [3.8, 4) is 11.5 Å². The van der Waals surface area contributed by atoms with Gasteiger partial charge in [0, 0.05) is 6.42 Å². The Hall–Kier alpha value is -1.26. The summed E-state index contributed by atoms with van der Waals surface area (Å²) in [5.41, 5.74) is 1.25. The number of benzene rings is 1. The number of hydrogen-bond donors (Lipinski definition) is 1. The Bertz CT molecular complexity index is 375. The first-order valence-electron chi connectivity index (χ1n) is 6.39. The minimum Gasteiger partial charge on any atom is -0.493 e. The highest BCUT2D eigenvalue weighted by Gasteiger charge is 2.19. The van der Waals surface area contributed by atoms with Crippen LogP contribution in [0.15, 0.2) is 18.2 Å². The van der Waals surface area contributed by atoms with Crippen LogP contribution in [0.4, 0.5) is 0 Å². The van der Waals surface area contributed by atoms with Crippen molar-refractivity contribution in [2.75, 3.05) is 33.9 Å². The fourth-order valence-electron chi connectivity index (χ4n) is 2.02. The van der Waals surface area contributed by atoms with E-state index in [1.54, 1.807) is 7.11 Å². The van der Waals surface area contributed by atoms with Gasteiger partial charge in [-0.15, -0.1) is 0 Å². The molecule has 0 aromatic heterocycles. The van der Waals surface area contributed by atoms with Gasteiger partial charge in [-0.1, -0.05) is 6.07 Å². The molecule has 1 aromatic carbocycles. The normalized spacial score (nSPS) is 18.9. The van der Waals surface area contributed by atoms with Crippen molar-refractivity contribution < 1.29 is 14.2 Å². The van der Waals surface area contributed by atoms with Gasteiger partial charge in [0.15, 0.2) is 11.5 Å². The summed E-state index contributed by atoms with van der Waals surface area (Å²) < 4.78 is 16.6. The molecule has 0 radical (unpaired) electrons. The molecule has 0 aliphatic carbocycles. The van der Waals surface area contributed by atoms with E-state index in [0.29, 0.717) is 6.61 Å². The maximum absolute atomic E-state index is 5.89. The first-order valence-corrected chi connectivity index (χ1v) is 6.39. The Morgan fingerprint density at radius 1 is 1.39 bits per heavy atom. The highest BCUT2D eigenvalue weighted by molar-refractivity contribution is 5.43. The molecule has 18 heavy (non-hydrogen) atoms. The summed E-state index contributed by atoms with van der Waals surface area (Å²) in [5, 5.41) is 3.14. The molecule has 0 bridgehead atoms. The Balaban J connectivity index is 2.04. The van der Waals surface area contributed by atoms with Gasteiger partial charge in [-0.25, -0.2) is 0 Å². The Labute approximate surface area is 108 Å². The van der Waals surface area contributed by atoms with Crippen LogP contribution in [-0.2, 0) is 11.2 Å². The summed E-state index contributed by atoms with van der Waals surface area (Å²) >= 11 is 0. The number of rotatable bonds is 6. The summed E-state index contributed by atoms with van der Waals surface area (Å²) in [6, 6.07) is 6.12. The van der Waals surface area contributed by atoms with Crippen molar-refractivity contribution >= 4 is 0 Å². The molecule has 1 N–H and O–H groups in total. The van der Waals surface area contributed by atoms with Crippen LogP contribution < -0.4 is 14.8 Å². The second kappa shape index (κ2) is 6.61. The standard InChI is InChI=1S/C14H21NO3/c1-15-7-5-11-3-4-13(14(9-11)16-2)18-12-6-8-17-10-12/h3-4,9,12,15H,5-8,10H2,1-2H3. The second-order valence-electron chi connectivity index (χ2n) is 4.44. The molecule has 1 aliphatic rings. The van der Waals surface area contributed by atoms with Crippen LogP contribution in [0.2, 0.25) is 0 Å². The monoisotopic (exact) mass is 251 g/mol. The minimum absolute atomic E-state index is 0.155. The van der Waals surface area contributed by atoms with E-state index in [2.05, 4.69) is 11.4 Å². The van der Waals surface area contributed by atoms with Crippen molar-refractivity contribution in [2.45, 2.75) is 18.9 Å². The lowest BCUT2D eigenvalue weighted by Gasteiger charge is -2.15. The Kier molecular flexibility index (Phi) is 4.84. The van der Waals surface area contributed by atoms with Crippen molar-refractivity contribution in [1.82, 2.24) is 5.32 Å². The van der Waals surface area contributed by atoms with Gasteiger partial charge in [0.05, 0.1) is 20.3 Å². The molecule has 1 aromatic rings. The fourth-order valence-corrected chi connectivity index (χ4v) is 2.02. The Morgan fingerprint density at radius 2 is 2.28 bits per heavy atom. The molecule has 0 spiro atoms. The van der Waals surface area contributed by atoms with Gasteiger partial charge in [0.1, 0.15) is 6.10 Å². The topological polar surface area (TPSA) is 39.7 Å². The van der Waals surface area contributed by atoms with Crippen LogP contribution in [0.5, 0.6) is 11.5 Å². The number of methoxy groups -OCH3 is 1. The molecule has 1 fully saturated rings. The van der Waals surface area contributed by atoms with E-state index in [0.717, 1.165) is 37.5 Å². The molecule has 2 rings (SSSR count). The number of nitrogens with one attached hydrogen (secondary N) is 1. The van der Waals surface area contributed by atoms with Crippen molar-refractivity contribution in [3.63, 3.8) is 0 Å². The largest absolute Gasteiger partial charge is 0.493 e. The van der Waals surface area contributed by atoms with Gasteiger partial charge in [-0.05, 0) is 37.7 Å². The van der Waals surface area contributed by atoms with Crippen LogP contribution in [0.25, 0.3) is 0 Å². The van der Waals surface area contributed by atoms with Crippen molar-refractivity contribution in [2.24, 2.45) is 0 Å². The van der Waals surface area contributed by atoms with Crippen LogP contribution in [0.1, 0.15) is 12.0 Å². The number of ether oxygens (including phenoxy) is 3. The maximum Gasteiger partial charge on any atom is 0.161 e. The van der Waals surface area contributed by atoms with E-state index in [-0.39, 0.29) is 6.10 Å². The van der Waals surface area contributed by atoms with Crippen LogP contribution in [0.3, 0.4) is 0 Å². The zero-order chi connectivity index (χ0) is 12.8. The zero-order valence-corrected chi connectivity index (χ0v) is 11.1. The Morgan fingerprint density at radius 3 is 2.94 bits per heavy atom. The van der Waals surface area contributed by atoms with E-state index in [9.17, 15) is 0 Å². The summed E-state index contributed by atoms with van der Waals surface area (Å²) in [6.07, 6.45) is 2.09. The molecule has 1 unspecified atom stereocenters. The van der Waals surface area contributed by atoms with E-state index in [4.69, 9.17) is 14.2 Å². The molecule has 4 nitrogen and oxygen atoms in total. The average Bonchev–Trinajstić information content (AvgIpc) is 2.90. The van der Waals surface area contributed by atoms with Crippen LogP contribution in [-0.4, -0.2) is 40.0 Å². The molecule has 1 heterocycles. The lowest BCUT2D eigenvalue weighted by atomic mass is 10.1. The molecule has 0 amide bonds. The number of hydrogen-bond acceptors (Lipinski definition) is 4. The lowest BCUT2D eigenvalue weighted by Crippen LogP contribution is -2.16. The lowest BCUT2D eigenvalue weighted by molar-refractivity contribution is 0.138. The predicted molar refractivity (Wildman–Crippen MR) is 70.5 cm³/mol. The first-order chi connectivity index (χ1) is 8.83. The highest BCUT2D eigenvalue weighted by Crippen LogP contribution is 2.30. The smallest absolute Gasteiger partial charge is 0.161 e. The van der Waals surface area contributed by atoms with E-state index in [1.165, 1.54) is 5.56 Å². The van der Waals surface area contributed by atoms with E-state index in [1.807, 2.05) is 19.2 Å². The second-order valence-corrected chi connectivity index (χ2v) is 4.44. The van der Waals surface area contributed by atoms with Crippen molar-refractivity contribution in [3.05, 3.63) is 23.8 Å². The number of likely N-dealkylation sites (N-methyl/N-ethyl adjacent to an activating group) is 1. The summed E-state index contributed by atoms with van der Waals surface area (Å²) in [5.74, 6) is 1.61. The average molecular weight is 251 g/mol. The van der Waals surface area contributed by atoms with E-state index >= 15 is 0 Å². The SMILES string of the molecule is CNCCc1ccc(OC2CCOC2)c(OC)c1. The summed E-state index contributed by atoms with van der Waals surface area (Å²) in [6.45, 7) is 2.41. The molecular weight excluding hydrogens is 230 g/mol. The minimum atomic E-state index is 0.155. The molecule has 1 atom stereocenters. The molecule has 4 heteroatoms. The quantitative estimate of drug-likeness (QED) is 0.834. The van der Waals surface area contributed by atoms with Gasteiger partial charge in [0.25, 0.3) is 0 Å². The van der Waals surface area contributed by atoms with Gasteiger partial charge in [-0.2, -0.15) is 0 Å². The molecule has 0 saturated carbocycles. The maximum atomic E-state index is 5.89. The third kappa shape index (κ3) is 3.37. The summed E-state index contributed by atoms with van der Waals surface area (Å²) in [7, 11) is 3.63. The van der Waals surface area contributed by atoms with Gasteiger partial charge >= 0.3 is 0 Å². The third-order valence-electron chi connectivity index (χ3n) is 3.07. The summed E-state index contributed by atoms with van der Waals surface area (Å²) in [4.78, 5) is 0. The first kappa shape index (κ1) is 13.2. The van der Waals surface area contributed by atoms with E-state index < -0.39 is 0 Å². The van der Waals surface area contributed by atoms with Crippen molar-refractivity contribution in [1.29, 1.82) is 0 Å². The molecule has 1 saturated heterocycles. The van der Waals surface area contributed by atoms with Gasteiger partial charge in [-0.3, -0.25) is 0 Å². The molecule has 1 aliphatic heterocycles.